The summed E-state index contributed by atoms with van der Waals surface area (Å²) in [4.78, 5) is 13.9. The van der Waals surface area contributed by atoms with Crippen LogP contribution in [-0.2, 0) is 14.8 Å². The molecule has 3 heterocycles. The smallest absolute Gasteiger partial charge is 0.243 e. The Balaban J connectivity index is 1.41. The van der Waals surface area contributed by atoms with Crippen LogP contribution in [0.1, 0.15) is 19.8 Å². The lowest BCUT2D eigenvalue weighted by molar-refractivity contribution is -0.116. The van der Waals surface area contributed by atoms with Crippen molar-refractivity contribution in [2.75, 3.05) is 36.4 Å². The molecule has 0 saturated carbocycles. The largest absolute Gasteiger partial charge is 0.353 e. The Bertz CT molecular complexity index is 1140. The van der Waals surface area contributed by atoms with Crippen LogP contribution < -0.4 is 10.2 Å². The van der Waals surface area contributed by atoms with Crippen molar-refractivity contribution in [1.82, 2.24) is 24.1 Å². The van der Waals surface area contributed by atoms with Crippen LogP contribution in [0.4, 0.5) is 11.5 Å². The molecule has 11 heteroatoms. The lowest BCUT2D eigenvalue weighted by atomic mass is 10.3. The van der Waals surface area contributed by atoms with Crippen molar-refractivity contribution in [2.24, 2.45) is 0 Å². The second-order valence-electron chi connectivity index (χ2n) is 7.04. The average Bonchev–Trinajstić information content (AvgIpc) is 3.22. The van der Waals surface area contributed by atoms with Crippen LogP contribution in [0.25, 0.3) is 5.65 Å². The fraction of sp³-hybridized carbons (Fsp3) is 0.368. The zero-order valence-corrected chi connectivity index (χ0v) is 17.4. The molecule has 3 aromatic rings. The van der Waals surface area contributed by atoms with E-state index >= 15 is 0 Å². The maximum absolute atomic E-state index is 13.0. The second kappa shape index (κ2) is 8.36. The van der Waals surface area contributed by atoms with Crippen molar-refractivity contribution in [3.63, 3.8) is 0 Å². The molecule has 1 saturated heterocycles. The van der Waals surface area contributed by atoms with Gasteiger partial charge in [0.2, 0.25) is 15.9 Å². The van der Waals surface area contributed by atoms with Crippen LogP contribution in [0.5, 0.6) is 0 Å². The third-order valence-corrected chi connectivity index (χ3v) is 6.88. The molecule has 0 radical (unpaired) electrons. The van der Waals surface area contributed by atoms with Gasteiger partial charge in [0.1, 0.15) is 12.1 Å². The number of rotatable bonds is 6. The summed E-state index contributed by atoms with van der Waals surface area (Å²) in [6, 6.07) is 10.00. The molecular weight excluding hydrogens is 406 g/mol. The Morgan fingerprint density at radius 3 is 2.50 bits per heavy atom. The molecule has 2 aromatic heterocycles. The van der Waals surface area contributed by atoms with E-state index in [2.05, 4.69) is 20.6 Å². The molecule has 1 aromatic carbocycles. The van der Waals surface area contributed by atoms with Gasteiger partial charge in [-0.1, -0.05) is 6.92 Å². The zero-order chi connectivity index (χ0) is 21.1. The number of carbonyl (C=O) groups excluding carboxylic acids is 1. The minimum absolute atomic E-state index is 0.0810. The van der Waals surface area contributed by atoms with E-state index in [1.807, 2.05) is 24.0 Å². The predicted octanol–water partition coefficient (Wildman–Crippen LogP) is 1.37. The highest BCUT2D eigenvalue weighted by Crippen LogP contribution is 2.22. The number of nitrogens with one attached hydrogen (secondary N) is 1. The molecule has 1 aliphatic heterocycles. The van der Waals surface area contributed by atoms with E-state index in [1.165, 1.54) is 22.8 Å². The van der Waals surface area contributed by atoms with Gasteiger partial charge in [-0.2, -0.15) is 8.82 Å². The highest BCUT2D eigenvalue weighted by atomic mass is 32.2. The average molecular weight is 430 g/mol. The SMILES string of the molecule is CCCC(=O)Nc1ccc(S(=O)(=O)N2CCN(c3ccc4nncn4n3)CC2)cc1. The molecule has 0 bridgehead atoms. The molecule has 1 aliphatic rings. The minimum atomic E-state index is -3.60. The summed E-state index contributed by atoms with van der Waals surface area (Å²) in [7, 11) is -3.60. The molecule has 4 rings (SSSR count). The number of sulfonamides is 1. The number of hydrogen-bond acceptors (Lipinski definition) is 7. The highest BCUT2D eigenvalue weighted by Gasteiger charge is 2.29. The summed E-state index contributed by atoms with van der Waals surface area (Å²) in [5, 5.41) is 15.0. The molecule has 10 nitrogen and oxygen atoms in total. The monoisotopic (exact) mass is 429 g/mol. The third-order valence-electron chi connectivity index (χ3n) is 4.96. The van der Waals surface area contributed by atoms with Crippen LogP contribution >= 0.6 is 0 Å². The number of benzene rings is 1. The minimum Gasteiger partial charge on any atom is -0.353 e. The summed E-state index contributed by atoms with van der Waals surface area (Å²) in [6.45, 7) is 3.72. The summed E-state index contributed by atoms with van der Waals surface area (Å²) in [6.07, 6.45) is 2.73. The van der Waals surface area contributed by atoms with Crippen LogP contribution in [0.3, 0.4) is 0 Å². The van der Waals surface area contributed by atoms with Crippen molar-refractivity contribution in [1.29, 1.82) is 0 Å². The molecule has 0 aliphatic carbocycles. The predicted molar refractivity (Wildman–Crippen MR) is 112 cm³/mol. The first kappa shape index (κ1) is 20.2. The lowest BCUT2D eigenvalue weighted by Gasteiger charge is -2.34. The van der Waals surface area contributed by atoms with Crippen molar-refractivity contribution < 1.29 is 13.2 Å². The van der Waals surface area contributed by atoms with Crippen LogP contribution in [0, 0.1) is 0 Å². The van der Waals surface area contributed by atoms with Gasteiger partial charge in [-0.15, -0.1) is 15.3 Å². The Kier molecular flexibility index (Phi) is 5.64. The van der Waals surface area contributed by atoms with E-state index in [0.717, 1.165) is 12.2 Å². The van der Waals surface area contributed by atoms with Gasteiger partial charge in [-0.3, -0.25) is 4.79 Å². The molecular formula is C19H23N7O3S. The number of nitrogens with zero attached hydrogens (tertiary/aromatic N) is 6. The van der Waals surface area contributed by atoms with E-state index in [4.69, 9.17) is 0 Å². The van der Waals surface area contributed by atoms with Gasteiger partial charge < -0.3 is 10.2 Å². The van der Waals surface area contributed by atoms with E-state index in [0.29, 0.717) is 43.9 Å². The fourth-order valence-electron chi connectivity index (χ4n) is 3.35. The van der Waals surface area contributed by atoms with Crippen molar-refractivity contribution in [3.05, 3.63) is 42.7 Å². The van der Waals surface area contributed by atoms with E-state index in [1.54, 1.807) is 16.6 Å². The normalized spacial score (nSPS) is 15.4. The Morgan fingerprint density at radius 2 is 1.80 bits per heavy atom. The van der Waals surface area contributed by atoms with Gasteiger partial charge in [0.15, 0.2) is 5.65 Å². The van der Waals surface area contributed by atoms with Gasteiger partial charge >= 0.3 is 0 Å². The molecule has 30 heavy (non-hydrogen) atoms. The zero-order valence-electron chi connectivity index (χ0n) is 16.6. The van der Waals surface area contributed by atoms with Crippen LogP contribution in [-0.4, -0.2) is 64.6 Å². The summed E-state index contributed by atoms with van der Waals surface area (Å²) >= 11 is 0. The van der Waals surface area contributed by atoms with E-state index in [-0.39, 0.29) is 10.8 Å². The molecule has 1 N–H and O–H groups in total. The molecule has 0 unspecified atom stereocenters. The Morgan fingerprint density at radius 1 is 1.07 bits per heavy atom. The second-order valence-corrected chi connectivity index (χ2v) is 8.98. The number of anilines is 2. The molecule has 0 spiro atoms. The highest BCUT2D eigenvalue weighted by molar-refractivity contribution is 7.89. The first-order valence-electron chi connectivity index (χ1n) is 9.79. The quantitative estimate of drug-likeness (QED) is 0.630. The first-order chi connectivity index (χ1) is 14.5. The molecule has 1 fully saturated rings. The lowest BCUT2D eigenvalue weighted by Crippen LogP contribution is -2.49. The summed E-state index contributed by atoms with van der Waals surface area (Å²) in [5.74, 6) is 0.675. The number of piperazine rings is 1. The standard InChI is InChI=1S/C19H23N7O3S/c1-2-3-19(27)21-15-4-6-16(7-5-15)30(28,29)25-12-10-24(11-13-25)18-9-8-17-22-20-14-26(17)23-18/h4-9,14H,2-3,10-13H2,1H3,(H,21,27). The maximum atomic E-state index is 13.0. The third kappa shape index (κ3) is 4.12. The topological polar surface area (TPSA) is 113 Å². The number of carbonyl (C=O) groups is 1. The van der Waals surface area contributed by atoms with Crippen molar-refractivity contribution >= 4 is 33.1 Å². The Labute approximate surface area is 174 Å². The van der Waals surface area contributed by atoms with Crippen LogP contribution in [0.2, 0.25) is 0 Å². The summed E-state index contributed by atoms with van der Waals surface area (Å²) in [5.41, 5.74) is 1.25. The number of aromatic nitrogens is 4. The van der Waals surface area contributed by atoms with Crippen molar-refractivity contribution in [2.45, 2.75) is 24.7 Å². The van der Waals surface area contributed by atoms with Gasteiger partial charge in [0.25, 0.3) is 0 Å². The maximum Gasteiger partial charge on any atom is 0.243 e. The molecule has 0 atom stereocenters. The molecule has 158 valence electrons. The number of fused-ring (bicyclic) bond motifs is 1. The summed E-state index contributed by atoms with van der Waals surface area (Å²) < 4.78 is 29.1. The van der Waals surface area contributed by atoms with Gasteiger partial charge in [-0.25, -0.2) is 8.42 Å². The number of amides is 1. The number of hydrogen-bond donors (Lipinski definition) is 1. The Hall–Kier alpha value is -3.05. The fourth-order valence-corrected chi connectivity index (χ4v) is 4.78. The first-order valence-corrected chi connectivity index (χ1v) is 11.2. The van der Waals surface area contributed by atoms with Gasteiger partial charge in [0.05, 0.1) is 4.90 Å². The van der Waals surface area contributed by atoms with Crippen molar-refractivity contribution in [3.8, 4) is 0 Å². The molecule has 1 amide bonds. The van der Waals surface area contributed by atoms with Gasteiger partial charge in [0, 0.05) is 38.3 Å². The van der Waals surface area contributed by atoms with E-state index < -0.39 is 10.0 Å². The van der Waals surface area contributed by atoms with Crippen LogP contribution in [0.15, 0.2) is 47.6 Å². The van der Waals surface area contributed by atoms with E-state index in [9.17, 15) is 13.2 Å². The van der Waals surface area contributed by atoms with Gasteiger partial charge in [-0.05, 0) is 42.8 Å².